The molecule has 1 aromatic carbocycles. The lowest BCUT2D eigenvalue weighted by molar-refractivity contribution is -0.145. The summed E-state index contributed by atoms with van der Waals surface area (Å²) in [6.45, 7) is 1.55. The molecule has 0 saturated carbocycles. The molecule has 0 unspecified atom stereocenters. The molecule has 1 aliphatic heterocycles. The summed E-state index contributed by atoms with van der Waals surface area (Å²) in [5, 5.41) is 1.10. The average molecular weight is 428 g/mol. The molecule has 2 aromatic heterocycles. The van der Waals surface area contributed by atoms with Gasteiger partial charge >= 0.3 is 6.18 Å². The number of alkyl halides is 3. The Morgan fingerprint density at radius 1 is 1.14 bits per heavy atom. The van der Waals surface area contributed by atoms with Gasteiger partial charge < -0.3 is 4.42 Å². The van der Waals surface area contributed by atoms with Crippen LogP contribution in [0.2, 0.25) is 10.0 Å². The van der Waals surface area contributed by atoms with Gasteiger partial charge in [-0.2, -0.15) is 13.2 Å². The number of hydrogen-bond donors (Lipinski definition) is 0. The van der Waals surface area contributed by atoms with Crippen molar-refractivity contribution in [1.29, 1.82) is 0 Å². The van der Waals surface area contributed by atoms with E-state index in [0.717, 1.165) is 5.76 Å². The first-order valence-corrected chi connectivity index (χ1v) is 9.23. The van der Waals surface area contributed by atoms with E-state index in [1.807, 2.05) is 12.1 Å². The maximum Gasteiger partial charge on any atom is 0.451 e. The zero-order valence-electron chi connectivity index (χ0n) is 14.4. The summed E-state index contributed by atoms with van der Waals surface area (Å²) < 4.78 is 44.2. The lowest BCUT2D eigenvalue weighted by Crippen LogP contribution is -2.31. The van der Waals surface area contributed by atoms with Gasteiger partial charge in [0, 0.05) is 41.9 Å². The Hall–Kier alpha value is -2.09. The highest BCUT2D eigenvalue weighted by molar-refractivity contribution is 6.35. The number of benzene rings is 1. The van der Waals surface area contributed by atoms with E-state index in [9.17, 15) is 13.2 Å². The summed E-state index contributed by atoms with van der Waals surface area (Å²) in [6, 6.07) is 8.82. The van der Waals surface area contributed by atoms with Crippen molar-refractivity contribution < 1.29 is 17.6 Å². The lowest BCUT2D eigenvalue weighted by atomic mass is 10.1. The van der Waals surface area contributed by atoms with Crippen LogP contribution in [0.3, 0.4) is 0 Å². The van der Waals surface area contributed by atoms with Gasteiger partial charge in [0.25, 0.3) is 0 Å². The van der Waals surface area contributed by atoms with E-state index in [1.165, 1.54) is 6.20 Å². The highest BCUT2D eigenvalue weighted by Gasteiger charge is 2.35. The molecule has 9 heteroatoms. The van der Waals surface area contributed by atoms with Gasteiger partial charge in [0.15, 0.2) is 0 Å². The minimum atomic E-state index is -4.53. The highest BCUT2D eigenvalue weighted by Crippen LogP contribution is 2.32. The molecule has 28 heavy (non-hydrogen) atoms. The van der Waals surface area contributed by atoms with Crippen molar-refractivity contribution in [2.45, 2.75) is 25.7 Å². The second-order valence-electron chi connectivity index (χ2n) is 6.51. The Balaban J connectivity index is 1.48. The predicted molar refractivity (Wildman–Crippen MR) is 99.0 cm³/mol. The molecule has 0 aliphatic carbocycles. The van der Waals surface area contributed by atoms with Crippen LogP contribution in [0.15, 0.2) is 40.9 Å². The molecule has 0 fully saturated rings. The van der Waals surface area contributed by atoms with Gasteiger partial charge in [-0.1, -0.05) is 23.2 Å². The van der Waals surface area contributed by atoms with E-state index in [0.29, 0.717) is 58.7 Å². The number of nitrogens with zero attached hydrogens (tertiary/aromatic N) is 3. The normalized spacial score (nSPS) is 14.9. The summed E-state index contributed by atoms with van der Waals surface area (Å²) >= 11 is 12.2. The van der Waals surface area contributed by atoms with Gasteiger partial charge in [-0.25, -0.2) is 9.97 Å². The third-order valence-electron chi connectivity index (χ3n) is 4.50. The molecular weight excluding hydrogens is 414 g/mol. The quantitative estimate of drug-likeness (QED) is 0.543. The second-order valence-corrected chi connectivity index (χ2v) is 7.36. The minimum Gasteiger partial charge on any atom is -0.460 e. The fourth-order valence-corrected chi connectivity index (χ4v) is 3.54. The van der Waals surface area contributed by atoms with Crippen LogP contribution in [-0.4, -0.2) is 21.4 Å². The van der Waals surface area contributed by atoms with Crippen molar-refractivity contribution in [2.75, 3.05) is 6.54 Å². The number of rotatable bonds is 3. The van der Waals surface area contributed by atoms with E-state index >= 15 is 0 Å². The van der Waals surface area contributed by atoms with E-state index in [1.54, 1.807) is 18.2 Å². The van der Waals surface area contributed by atoms with E-state index in [4.69, 9.17) is 27.6 Å². The third-order valence-corrected chi connectivity index (χ3v) is 5.07. The Labute approximate surface area is 168 Å². The van der Waals surface area contributed by atoms with E-state index in [2.05, 4.69) is 14.9 Å². The van der Waals surface area contributed by atoms with Gasteiger partial charge in [0.1, 0.15) is 11.5 Å². The molecular formula is C19H14Cl2F3N3O. The van der Waals surface area contributed by atoms with E-state index < -0.39 is 12.0 Å². The fourth-order valence-electron chi connectivity index (χ4n) is 3.16. The van der Waals surface area contributed by atoms with Gasteiger partial charge in [0.05, 0.1) is 17.3 Å². The van der Waals surface area contributed by atoms with E-state index in [-0.39, 0.29) is 0 Å². The standard InChI is InChI=1S/C19H14Cl2F3N3O/c20-12-1-3-15(21)14(7-12)17-4-2-13(28-17)10-27-6-5-16-11(9-27)8-25-18(26-16)19(22,23)24/h1-4,7-8H,5-6,9-10H2. The number of furan rings is 1. The van der Waals surface area contributed by atoms with Crippen LogP contribution in [0, 0.1) is 0 Å². The molecule has 3 heterocycles. The first-order valence-electron chi connectivity index (χ1n) is 8.48. The first-order chi connectivity index (χ1) is 13.3. The molecule has 0 spiro atoms. The smallest absolute Gasteiger partial charge is 0.451 e. The Bertz CT molecular complexity index is 1020. The molecule has 0 amide bonds. The Morgan fingerprint density at radius 2 is 1.96 bits per heavy atom. The van der Waals surface area contributed by atoms with Crippen LogP contribution in [0.5, 0.6) is 0 Å². The zero-order chi connectivity index (χ0) is 19.9. The molecule has 4 rings (SSSR count). The Kier molecular flexibility index (Phi) is 5.07. The summed E-state index contributed by atoms with van der Waals surface area (Å²) in [5.41, 5.74) is 1.85. The van der Waals surface area contributed by atoms with Crippen molar-refractivity contribution in [1.82, 2.24) is 14.9 Å². The van der Waals surface area contributed by atoms with Crippen molar-refractivity contribution in [3.8, 4) is 11.3 Å². The summed E-state index contributed by atoms with van der Waals surface area (Å²) in [4.78, 5) is 9.20. The van der Waals surface area contributed by atoms with Crippen LogP contribution in [0.4, 0.5) is 13.2 Å². The highest BCUT2D eigenvalue weighted by atomic mass is 35.5. The largest absolute Gasteiger partial charge is 0.460 e. The van der Waals surface area contributed by atoms with Crippen molar-refractivity contribution in [2.24, 2.45) is 0 Å². The van der Waals surface area contributed by atoms with Gasteiger partial charge in [-0.3, -0.25) is 4.90 Å². The molecule has 1 aliphatic rings. The third kappa shape index (κ3) is 4.01. The molecule has 0 saturated heterocycles. The Morgan fingerprint density at radius 3 is 2.75 bits per heavy atom. The molecule has 146 valence electrons. The second kappa shape index (κ2) is 7.39. The van der Waals surface area contributed by atoms with Crippen LogP contribution in [-0.2, 0) is 25.7 Å². The summed E-state index contributed by atoms with van der Waals surface area (Å²) in [5.74, 6) is 0.245. The SMILES string of the molecule is FC(F)(F)c1ncc2c(n1)CCN(Cc1ccc(-c3cc(Cl)ccc3Cl)o1)C2. The van der Waals surface area contributed by atoms with Crippen LogP contribution < -0.4 is 0 Å². The fraction of sp³-hybridized carbons (Fsp3) is 0.263. The minimum absolute atomic E-state index is 0.425. The lowest BCUT2D eigenvalue weighted by Gasteiger charge is -2.27. The number of hydrogen-bond acceptors (Lipinski definition) is 4. The average Bonchev–Trinajstić information content (AvgIpc) is 3.10. The van der Waals surface area contributed by atoms with Crippen molar-refractivity contribution >= 4 is 23.2 Å². The predicted octanol–water partition coefficient (Wildman–Crippen LogP) is 5.62. The number of aromatic nitrogens is 2. The molecule has 3 aromatic rings. The van der Waals surface area contributed by atoms with Gasteiger partial charge in [0.2, 0.25) is 5.82 Å². The summed E-state index contributed by atoms with van der Waals surface area (Å²) in [7, 11) is 0. The molecule has 0 bridgehead atoms. The number of fused-ring (bicyclic) bond motifs is 1. The van der Waals surface area contributed by atoms with Crippen LogP contribution in [0.25, 0.3) is 11.3 Å². The topological polar surface area (TPSA) is 42.2 Å². The zero-order valence-corrected chi connectivity index (χ0v) is 15.9. The summed E-state index contributed by atoms with van der Waals surface area (Å²) in [6.07, 6.45) is -2.84. The molecule has 0 atom stereocenters. The van der Waals surface area contributed by atoms with Crippen LogP contribution in [0.1, 0.15) is 22.8 Å². The first kappa shape index (κ1) is 19.2. The molecule has 0 radical (unpaired) electrons. The monoisotopic (exact) mass is 427 g/mol. The maximum absolute atomic E-state index is 12.8. The van der Waals surface area contributed by atoms with Crippen molar-refractivity contribution in [3.05, 3.63) is 69.4 Å². The van der Waals surface area contributed by atoms with Gasteiger partial charge in [-0.15, -0.1) is 0 Å². The molecule has 4 nitrogen and oxygen atoms in total. The molecule has 0 N–H and O–H groups in total. The van der Waals surface area contributed by atoms with Crippen LogP contribution >= 0.6 is 23.2 Å². The number of halogens is 5. The van der Waals surface area contributed by atoms with Crippen molar-refractivity contribution in [3.63, 3.8) is 0 Å². The maximum atomic E-state index is 12.8. The van der Waals surface area contributed by atoms with Gasteiger partial charge in [-0.05, 0) is 30.3 Å².